The van der Waals surface area contributed by atoms with Gasteiger partial charge in [-0.2, -0.15) is 0 Å². The number of nitrogens with zero attached hydrogens (tertiary/aromatic N) is 1. The van der Waals surface area contributed by atoms with Gasteiger partial charge in [0.2, 0.25) is 0 Å². The first-order valence-electron chi connectivity index (χ1n) is 8.77. The quantitative estimate of drug-likeness (QED) is 0.557. The van der Waals surface area contributed by atoms with Crippen LogP contribution in [0.5, 0.6) is 11.5 Å². The predicted molar refractivity (Wildman–Crippen MR) is 106 cm³/mol. The maximum absolute atomic E-state index is 12.8. The molecule has 0 spiro atoms. The van der Waals surface area contributed by atoms with Gasteiger partial charge in [-0.05, 0) is 35.9 Å². The zero-order valence-electron chi connectivity index (χ0n) is 16.2. The van der Waals surface area contributed by atoms with E-state index in [1.807, 2.05) is 0 Å². The minimum Gasteiger partial charge on any atom is -0.493 e. The first kappa shape index (κ1) is 20.0. The Morgan fingerprint density at radius 2 is 1.86 bits per heavy atom. The number of methoxy groups -OCH3 is 2. The summed E-state index contributed by atoms with van der Waals surface area (Å²) in [6.45, 7) is 0. The molecule has 0 aliphatic carbocycles. The van der Waals surface area contributed by atoms with E-state index in [1.54, 1.807) is 43.4 Å². The molecule has 0 saturated carbocycles. The predicted octanol–water partition coefficient (Wildman–Crippen LogP) is 1.83. The molecule has 0 fully saturated rings. The van der Waals surface area contributed by atoms with Crippen LogP contribution >= 0.6 is 0 Å². The second kappa shape index (κ2) is 8.09. The lowest BCUT2D eigenvalue weighted by Crippen LogP contribution is -2.30. The molecule has 9 heteroatoms. The van der Waals surface area contributed by atoms with Crippen LogP contribution in [0.2, 0.25) is 0 Å². The molecule has 1 unspecified atom stereocenters. The van der Waals surface area contributed by atoms with E-state index in [2.05, 4.69) is 10.3 Å². The highest BCUT2D eigenvalue weighted by molar-refractivity contribution is 5.97. The lowest BCUT2D eigenvalue weighted by molar-refractivity contribution is -0.137. The number of ether oxygens (including phenoxy) is 2. The number of H-pyrrole nitrogens is 1. The van der Waals surface area contributed by atoms with Crippen LogP contribution in [0, 0.1) is 0 Å². The van der Waals surface area contributed by atoms with Crippen LogP contribution in [-0.4, -0.2) is 40.8 Å². The molecule has 9 nitrogen and oxygen atoms in total. The van der Waals surface area contributed by atoms with Gasteiger partial charge in [0.25, 0.3) is 5.91 Å². The van der Waals surface area contributed by atoms with Gasteiger partial charge in [-0.1, -0.05) is 6.07 Å². The number of hydrogen-bond donors (Lipinski definition) is 3. The molecule has 0 saturated heterocycles. The van der Waals surface area contributed by atoms with Crippen LogP contribution in [0.3, 0.4) is 0 Å². The van der Waals surface area contributed by atoms with Gasteiger partial charge in [0.1, 0.15) is 0 Å². The monoisotopic (exact) mass is 399 g/mol. The van der Waals surface area contributed by atoms with Crippen molar-refractivity contribution in [2.75, 3.05) is 14.2 Å². The molecule has 152 valence electrons. The van der Waals surface area contributed by atoms with Crippen molar-refractivity contribution in [3.63, 3.8) is 0 Å². The number of rotatable bonds is 7. The van der Waals surface area contributed by atoms with Crippen molar-refractivity contribution in [3.05, 3.63) is 58.0 Å². The van der Waals surface area contributed by atoms with Gasteiger partial charge in [-0.15, -0.1) is 0 Å². The Labute approximate surface area is 165 Å². The Hall–Kier alpha value is -3.75. The molecule has 0 radical (unpaired) electrons. The van der Waals surface area contributed by atoms with Gasteiger partial charge in [0.05, 0.1) is 37.7 Å². The second-order valence-electron chi connectivity index (χ2n) is 6.46. The van der Waals surface area contributed by atoms with Crippen LogP contribution in [0.15, 0.2) is 41.2 Å². The summed E-state index contributed by atoms with van der Waals surface area (Å²) in [6.07, 6.45) is -0.313. The average Bonchev–Trinajstić information content (AvgIpc) is 2.99. The SMILES string of the molecule is COc1ccc(C(CC(=O)O)NC(=O)c2ccc3[nH]c(=O)n(C)c3c2)cc1OC. The Morgan fingerprint density at radius 3 is 2.52 bits per heavy atom. The third-order valence-electron chi connectivity index (χ3n) is 4.66. The number of amides is 1. The number of fused-ring (bicyclic) bond motifs is 1. The fraction of sp³-hybridized carbons (Fsp3) is 0.250. The summed E-state index contributed by atoms with van der Waals surface area (Å²) < 4.78 is 11.9. The first-order valence-corrected chi connectivity index (χ1v) is 8.77. The minimum absolute atomic E-state index is 0.286. The molecule has 1 atom stereocenters. The van der Waals surface area contributed by atoms with E-state index in [1.165, 1.54) is 18.8 Å². The standard InChI is InChI=1S/C20H21N3O6/c1-23-15-8-12(4-6-13(15)22-20(23)27)19(26)21-14(10-18(24)25)11-5-7-16(28-2)17(9-11)29-3/h4-9,14H,10H2,1-3H3,(H,21,26)(H,22,27)(H,24,25). The summed E-state index contributed by atoms with van der Waals surface area (Å²) in [5.41, 5.74) is 1.77. The molecule has 1 heterocycles. The van der Waals surface area contributed by atoms with Crippen molar-refractivity contribution in [2.24, 2.45) is 7.05 Å². The number of carbonyl (C=O) groups is 2. The molecule has 3 N–H and O–H groups in total. The lowest BCUT2D eigenvalue weighted by Gasteiger charge is -2.19. The molecule has 1 aromatic heterocycles. The highest BCUT2D eigenvalue weighted by Gasteiger charge is 2.21. The highest BCUT2D eigenvalue weighted by Crippen LogP contribution is 2.31. The number of aromatic nitrogens is 2. The third-order valence-corrected chi connectivity index (χ3v) is 4.66. The van der Waals surface area contributed by atoms with Crippen molar-refractivity contribution in [1.82, 2.24) is 14.9 Å². The highest BCUT2D eigenvalue weighted by atomic mass is 16.5. The van der Waals surface area contributed by atoms with E-state index in [0.29, 0.717) is 33.7 Å². The number of imidazole rings is 1. The number of nitrogens with one attached hydrogen (secondary N) is 2. The van der Waals surface area contributed by atoms with Gasteiger partial charge in [-0.3, -0.25) is 14.2 Å². The molecular formula is C20H21N3O6. The first-order chi connectivity index (χ1) is 13.8. The number of carboxylic acid groups (broad SMARTS) is 1. The normalized spacial score (nSPS) is 11.8. The molecule has 0 aliphatic heterocycles. The molecule has 1 amide bonds. The van der Waals surface area contributed by atoms with E-state index >= 15 is 0 Å². The van der Waals surface area contributed by atoms with Crippen molar-refractivity contribution < 1.29 is 24.2 Å². The summed E-state index contributed by atoms with van der Waals surface area (Å²) in [4.78, 5) is 38.6. The molecule has 29 heavy (non-hydrogen) atoms. The maximum atomic E-state index is 12.8. The zero-order valence-corrected chi connectivity index (χ0v) is 16.2. The van der Waals surface area contributed by atoms with Crippen LogP contribution in [0.1, 0.15) is 28.4 Å². The summed E-state index contributed by atoms with van der Waals surface area (Å²) in [5, 5.41) is 12.0. The van der Waals surface area contributed by atoms with Crippen molar-refractivity contribution in [3.8, 4) is 11.5 Å². The number of aliphatic carboxylic acids is 1. The van der Waals surface area contributed by atoms with E-state index in [4.69, 9.17) is 9.47 Å². The van der Waals surface area contributed by atoms with Gasteiger partial charge in [0.15, 0.2) is 11.5 Å². The largest absolute Gasteiger partial charge is 0.493 e. The Balaban J connectivity index is 1.92. The van der Waals surface area contributed by atoms with E-state index in [-0.39, 0.29) is 12.1 Å². The maximum Gasteiger partial charge on any atom is 0.326 e. The zero-order chi connectivity index (χ0) is 21.1. The second-order valence-corrected chi connectivity index (χ2v) is 6.46. The number of carbonyl (C=O) groups excluding carboxylic acids is 1. The Kier molecular flexibility index (Phi) is 5.58. The lowest BCUT2D eigenvalue weighted by atomic mass is 10.0. The summed E-state index contributed by atoms with van der Waals surface area (Å²) in [7, 11) is 4.57. The molecule has 0 aliphatic rings. The Bertz CT molecular complexity index is 1130. The van der Waals surface area contributed by atoms with Gasteiger partial charge in [-0.25, -0.2) is 4.79 Å². The van der Waals surface area contributed by atoms with Crippen molar-refractivity contribution in [1.29, 1.82) is 0 Å². The number of hydrogen-bond acceptors (Lipinski definition) is 5. The summed E-state index contributed by atoms with van der Waals surface area (Å²) in [5.74, 6) is -0.594. The average molecular weight is 399 g/mol. The van der Waals surface area contributed by atoms with Crippen LogP contribution < -0.4 is 20.5 Å². The molecule has 3 rings (SSSR count). The summed E-state index contributed by atoms with van der Waals surface area (Å²) in [6, 6.07) is 8.95. The number of aryl methyl sites for hydroxylation is 1. The fourth-order valence-corrected chi connectivity index (χ4v) is 3.10. The minimum atomic E-state index is -1.06. The summed E-state index contributed by atoms with van der Waals surface area (Å²) >= 11 is 0. The number of aromatic amines is 1. The van der Waals surface area contributed by atoms with Gasteiger partial charge < -0.3 is 24.9 Å². The van der Waals surface area contributed by atoms with Gasteiger partial charge in [0, 0.05) is 12.6 Å². The van der Waals surface area contributed by atoms with E-state index < -0.39 is 17.9 Å². The fourth-order valence-electron chi connectivity index (χ4n) is 3.10. The topological polar surface area (TPSA) is 123 Å². The Morgan fingerprint density at radius 1 is 1.14 bits per heavy atom. The smallest absolute Gasteiger partial charge is 0.326 e. The molecule has 3 aromatic rings. The van der Waals surface area contributed by atoms with Crippen molar-refractivity contribution in [2.45, 2.75) is 12.5 Å². The molecule has 0 bridgehead atoms. The van der Waals surface area contributed by atoms with E-state index in [0.717, 1.165) is 0 Å². The van der Waals surface area contributed by atoms with Gasteiger partial charge >= 0.3 is 11.7 Å². The van der Waals surface area contributed by atoms with Crippen molar-refractivity contribution >= 4 is 22.9 Å². The van der Waals surface area contributed by atoms with Crippen LogP contribution in [0.25, 0.3) is 11.0 Å². The van der Waals surface area contributed by atoms with E-state index in [9.17, 15) is 19.5 Å². The number of benzene rings is 2. The van der Waals surface area contributed by atoms with Crippen LogP contribution in [0.4, 0.5) is 0 Å². The third kappa shape index (κ3) is 4.08. The number of carboxylic acids is 1. The molecule has 2 aromatic carbocycles. The molecular weight excluding hydrogens is 378 g/mol. The van der Waals surface area contributed by atoms with Crippen LogP contribution in [-0.2, 0) is 11.8 Å².